The van der Waals surface area contributed by atoms with Crippen LogP contribution in [0.4, 0.5) is 0 Å². The van der Waals surface area contributed by atoms with Crippen molar-refractivity contribution in [3.05, 3.63) is 46.5 Å². The molecular weight excluding hydrogens is 417 g/mol. The Morgan fingerprint density at radius 2 is 1.80 bits per heavy atom. The van der Waals surface area contributed by atoms with E-state index in [0.29, 0.717) is 13.2 Å². The number of ether oxygens (including phenoxy) is 1. The van der Waals surface area contributed by atoms with E-state index in [2.05, 4.69) is 26.0 Å². The van der Waals surface area contributed by atoms with Crippen LogP contribution in [0.5, 0.6) is 0 Å². The lowest BCUT2D eigenvalue weighted by Gasteiger charge is -2.40. The number of hydrogen-bond donors (Lipinski definition) is 0. The quantitative estimate of drug-likeness (QED) is 0.209. The minimum atomic E-state index is -0.0282. The number of esters is 1. The minimum Gasteiger partial charge on any atom is -1.00 e. The Balaban J connectivity index is 0.00000450. The highest BCUT2D eigenvalue weighted by atomic mass is 35.5. The summed E-state index contributed by atoms with van der Waals surface area (Å²) in [4.78, 5) is 12.5. The molecule has 0 saturated carbocycles. The highest BCUT2D eigenvalue weighted by Crippen LogP contribution is 2.22. The number of halogens is 2. The van der Waals surface area contributed by atoms with Gasteiger partial charge in [-0.2, -0.15) is 0 Å². The van der Waals surface area contributed by atoms with Crippen molar-refractivity contribution in [2.75, 3.05) is 32.8 Å². The van der Waals surface area contributed by atoms with E-state index in [1.807, 2.05) is 18.2 Å². The van der Waals surface area contributed by atoms with Crippen molar-refractivity contribution >= 4 is 17.6 Å². The predicted octanol–water partition coefficient (Wildman–Crippen LogP) is 3.35. The normalized spacial score (nSPS) is 16.0. The third-order valence-electron chi connectivity index (χ3n) is 5.99. The zero-order valence-corrected chi connectivity index (χ0v) is 20.3. The molecule has 30 heavy (non-hydrogen) atoms. The second-order valence-corrected chi connectivity index (χ2v) is 9.05. The minimum absolute atomic E-state index is 0. The highest BCUT2D eigenvalue weighted by molar-refractivity contribution is 6.31. The number of rotatable bonds is 12. The van der Waals surface area contributed by atoms with Crippen LogP contribution in [0.25, 0.3) is 0 Å². The lowest BCUT2D eigenvalue weighted by molar-refractivity contribution is -0.920. The maximum atomic E-state index is 12.5. The van der Waals surface area contributed by atoms with Gasteiger partial charge >= 0.3 is 5.97 Å². The first kappa shape index (κ1) is 27.0. The second kappa shape index (κ2) is 14.9. The number of hydrogen-bond acceptors (Lipinski definition) is 2. The standard InChI is InChI=1S/C25H39ClNO2.ClH/c1-3-4-5-6-12-19-29-25(28)21-27(16-10-7-11-17-27)18-15-22(2)20-23-13-8-9-14-24(23)26;/h8-9,13-15H,3-7,10-12,16-21H2,1-2H3;1H/q+1;/p-1/b22-15-;. The molecule has 0 spiro atoms. The van der Waals surface area contributed by atoms with Crippen LogP contribution in [-0.2, 0) is 16.0 Å². The van der Waals surface area contributed by atoms with Crippen LogP contribution in [0, 0.1) is 0 Å². The third kappa shape index (κ3) is 9.85. The third-order valence-corrected chi connectivity index (χ3v) is 6.36. The van der Waals surface area contributed by atoms with E-state index in [1.54, 1.807) is 0 Å². The molecule has 1 aliphatic heterocycles. The van der Waals surface area contributed by atoms with Crippen LogP contribution in [0.3, 0.4) is 0 Å². The molecule has 0 unspecified atom stereocenters. The number of carbonyl (C=O) groups is 1. The van der Waals surface area contributed by atoms with E-state index in [4.69, 9.17) is 16.3 Å². The van der Waals surface area contributed by atoms with Gasteiger partial charge in [0.1, 0.15) is 0 Å². The van der Waals surface area contributed by atoms with Gasteiger partial charge in [0.05, 0.1) is 26.2 Å². The monoisotopic (exact) mass is 455 g/mol. The Labute approximate surface area is 194 Å². The summed E-state index contributed by atoms with van der Waals surface area (Å²) < 4.78 is 6.42. The molecule has 2 rings (SSSR count). The molecule has 5 heteroatoms. The summed E-state index contributed by atoms with van der Waals surface area (Å²) in [6.45, 7) is 8.50. The van der Waals surface area contributed by atoms with Crippen LogP contribution in [0.2, 0.25) is 5.02 Å². The van der Waals surface area contributed by atoms with Gasteiger partial charge in [-0.05, 0) is 56.7 Å². The van der Waals surface area contributed by atoms with Gasteiger partial charge in [-0.1, -0.05) is 68.0 Å². The molecule has 1 fully saturated rings. The van der Waals surface area contributed by atoms with Gasteiger partial charge < -0.3 is 21.6 Å². The molecule has 0 bridgehead atoms. The molecule has 1 aromatic rings. The molecule has 0 amide bonds. The molecule has 1 saturated heterocycles. The number of carbonyl (C=O) groups excluding carboxylic acids is 1. The summed E-state index contributed by atoms with van der Waals surface area (Å²) in [5.74, 6) is -0.0282. The van der Waals surface area contributed by atoms with Crippen molar-refractivity contribution in [1.82, 2.24) is 0 Å². The number of quaternary nitrogens is 1. The number of benzene rings is 1. The summed E-state index contributed by atoms with van der Waals surface area (Å²) in [5, 5.41) is 0.824. The van der Waals surface area contributed by atoms with E-state index in [0.717, 1.165) is 54.0 Å². The lowest BCUT2D eigenvalue weighted by Crippen LogP contribution is -3.00. The lowest BCUT2D eigenvalue weighted by atomic mass is 10.0. The average Bonchev–Trinajstić information content (AvgIpc) is 2.71. The molecule has 0 aliphatic carbocycles. The summed E-state index contributed by atoms with van der Waals surface area (Å²) in [7, 11) is 0. The zero-order chi connectivity index (χ0) is 21.0. The van der Waals surface area contributed by atoms with E-state index >= 15 is 0 Å². The Bertz CT molecular complexity index is 654. The molecule has 170 valence electrons. The Morgan fingerprint density at radius 1 is 1.10 bits per heavy atom. The number of nitrogens with zero attached hydrogens (tertiary/aromatic N) is 1. The molecule has 3 nitrogen and oxygen atoms in total. The Kier molecular flexibility index (Phi) is 13.4. The molecule has 0 aromatic heterocycles. The fourth-order valence-corrected chi connectivity index (χ4v) is 4.37. The SMILES string of the molecule is CCCCCCCOC(=O)C[N+]1(C/C=C(/C)Cc2ccccc2Cl)CCCCC1.[Cl-]. The number of piperidine rings is 1. The maximum absolute atomic E-state index is 12.5. The molecular formula is C25H39Cl2NO2. The zero-order valence-electron chi connectivity index (χ0n) is 18.8. The van der Waals surface area contributed by atoms with Crippen molar-refractivity contribution in [2.45, 2.75) is 71.6 Å². The first-order valence-corrected chi connectivity index (χ1v) is 11.8. The molecule has 0 radical (unpaired) electrons. The van der Waals surface area contributed by atoms with E-state index < -0.39 is 0 Å². The van der Waals surface area contributed by atoms with Crippen LogP contribution in [0.15, 0.2) is 35.9 Å². The number of likely N-dealkylation sites (tertiary alicyclic amines) is 1. The molecule has 1 heterocycles. The van der Waals surface area contributed by atoms with Crippen LogP contribution >= 0.6 is 11.6 Å². The van der Waals surface area contributed by atoms with E-state index in [1.165, 1.54) is 44.1 Å². The van der Waals surface area contributed by atoms with Gasteiger partial charge in [0.15, 0.2) is 6.54 Å². The summed E-state index contributed by atoms with van der Waals surface area (Å²) in [6.07, 6.45) is 12.7. The summed E-state index contributed by atoms with van der Waals surface area (Å²) in [6, 6.07) is 8.03. The van der Waals surface area contributed by atoms with Crippen molar-refractivity contribution in [3.63, 3.8) is 0 Å². The fraction of sp³-hybridized carbons (Fsp3) is 0.640. The number of allylic oxidation sites excluding steroid dienone is 1. The predicted molar refractivity (Wildman–Crippen MR) is 122 cm³/mol. The Hall–Kier alpha value is -1.03. The molecule has 1 aliphatic rings. The van der Waals surface area contributed by atoms with Crippen molar-refractivity contribution in [3.8, 4) is 0 Å². The maximum Gasteiger partial charge on any atom is 0.361 e. The Morgan fingerprint density at radius 3 is 2.50 bits per heavy atom. The van der Waals surface area contributed by atoms with Gasteiger partial charge in [-0.25, -0.2) is 4.79 Å². The van der Waals surface area contributed by atoms with Crippen molar-refractivity contribution in [2.24, 2.45) is 0 Å². The van der Waals surface area contributed by atoms with Crippen LogP contribution in [0.1, 0.15) is 70.8 Å². The van der Waals surface area contributed by atoms with Gasteiger partial charge in [0.2, 0.25) is 0 Å². The van der Waals surface area contributed by atoms with Crippen molar-refractivity contribution in [1.29, 1.82) is 0 Å². The van der Waals surface area contributed by atoms with Gasteiger partial charge in [-0.3, -0.25) is 0 Å². The van der Waals surface area contributed by atoms with E-state index in [-0.39, 0.29) is 18.4 Å². The summed E-state index contributed by atoms with van der Waals surface area (Å²) >= 11 is 6.31. The second-order valence-electron chi connectivity index (χ2n) is 8.64. The fourth-order valence-electron chi connectivity index (χ4n) is 4.16. The molecule has 0 N–H and O–H groups in total. The van der Waals surface area contributed by atoms with Gasteiger partial charge in [0.25, 0.3) is 0 Å². The highest BCUT2D eigenvalue weighted by Gasteiger charge is 2.32. The van der Waals surface area contributed by atoms with Crippen LogP contribution in [-0.4, -0.2) is 43.2 Å². The first-order valence-electron chi connectivity index (χ1n) is 11.4. The van der Waals surface area contributed by atoms with Crippen LogP contribution < -0.4 is 12.4 Å². The van der Waals surface area contributed by atoms with Gasteiger partial charge in [-0.15, -0.1) is 0 Å². The molecule has 0 atom stereocenters. The number of unbranched alkanes of at least 4 members (excludes halogenated alkanes) is 4. The largest absolute Gasteiger partial charge is 1.00 e. The average molecular weight is 456 g/mol. The summed E-state index contributed by atoms with van der Waals surface area (Å²) in [5.41, 5.74) is 2.47. The van der Waals surface area contributed by atoms with E-state index in [9.17, 15) is 4.79 Å². The first-order chi connectivity index (χ1) is 14.0. The topological polar surface area (TPSA) is 26.3 Å². The van der Waals surface area contributed by atoms with Crippen molar-refractivity contribution < 1.29 is 26.4 Å². The van der Waals surface area contributed by atoms with Gasteiger partial charge in [0, 0.05) is 5.02 Å². The smallest absolute Gasteiger partial charge is 0.361 e. The molecule has 1 aromatic carbocycles.